The van der Waals surface area contributed by atoms with Crippen molar-refractivity contribution in [3.8, 4) is 0 Å². The molecule has 2 heteroatoms. The van der Waals surface area contributed by atoms with Crippen molar-refractivity contribution in [2.24, 2.45) is 10.9 Å². The van der Waals surface area contributed by atoms with E-state index in [1.165, 1.54) is 0 Å². The highest BCUT2D eigenvalue weighted by molar-refractivity contribution is 5.57. The van der Waals surface area contributed by atoms with E-state index < -0.39 is 0 Å². The van der Waals surface area contributed by atoms with Crippen molar-refractivity contribution in [1.82, 2.24) is 0 Å². The highest BCUT2D eigenvalue weighted by Gasteiger charge is 2.25. The lowest BCUT2D eigenvalue weighted by Crippen LogP contribution is -1.98. The zero-order chi connectivity index (χ0) is 8.27. The lowest BCUT2D eigenvalue weighted by Gasteiger charge is -2.03. The van der Waals surface area contributed by atoms with Gasteiger partial charge in [-0.05, 0) is 26.0 Å². The van der Waals surface area contributed by atoms with Gasteiger partial charge in [0.05, 0.1) is 11.9 Å². The van der Waals surface area contributed by atoms with Crippen LogP contribution >= 0.6 is 0 Å². The molecule has 0 spiro atoms. The Morgan fingerprint density at radius 3 is 3.00 bits per heavy atom. The molecule has 0 aromatic rings. The summed E-state index contributed by atoms with van der Waals surface area (Å²) in [4.78, 5) is 3.94. The zero-order valence-corrected chi connectivity index (χ0v) is 7.21. The Morgan fingerprint density at radius 1 is 1.82 bits per heavy atom. The van der Waals surface area contributed by atoms with Crippen LogP contribution in [-0.2, 0) is 4.74 Å². The molecule has 1 aliphatic rings. The SMILES string of the molecule is C=C1O[C@@H](C)C[C@H]1CC=NC. The van der Waals surface area contributed by atoms with Gasteiger partial charge >= 0.3 is 0 Å². The van der Waals surface area contributed by atoms with Crippen LogP contribution in [0.4, 0.5) is 0 Å². The molecular weight excluding hydrogens is 138 g/mol. The molecule has 0 unspecified atom stereocenters. The number of allylic oxidation sites excluding steroid dienone is 1. The standard InChI is InChI=1S/C9H15NO/c1-7-6-9(4-5-10-3)8(2)11-7/h5,7,9H,2,4,6H2,1,3H3/t7-,9+/m0/s1. The van der Waals surface area contributed by atoms with Crippen molar-refractivity contribution in [3.63, 3.8) is 0 Å². The fourth-order valence-electron chi connectivity index (χ4n) is 1.40. The first-order valence-electron chi connectivity index (χ1n) is 4.00. The van der Waals surface area contributed by atoms with Crippen molar-refractivity contribution in [2.75, 3.05) is 7.05 Å². The van der Waals surface area contributed by atoms with Gasteiger partial charge in [0.25, 0.3) is 0 Å². The third-order valence-electron chi connectivity index (χ3n) is 2.00. The molecule has 0 aliphatic carbocycles. The smallest absolute Gasteiger partial charge is 0.0961 e. The van der Waals surface area contributed by atoms with Gasteiger partial charge in [0.1, 0.15) is 0 Å². The second-order valence-corrected chi connectivity index (χ2v) is 3.00. The summed E-state index contributed by atoms with van der Waals surface area (Å²) in [5.41, 5.74) is 0. The van der Waals surface area contributed by atoms with Gasteiger partial charge in [-0.3, -0.25) is 0 Å². The van der Waals surface area contributed by atoms with E-state index >= 15 is 0 Å². The summed E-state index contributed by atoms with van der Waals surface area (Å²) in [5.74, 6) is 1.42. The van der Waals surface area contributed by atoms with Crippen LogP contribution in [0.2, 0.25) is 0 Å². The van der Waals surface area contributed by atoms with E-state index in [-0.39, 0.29) is 0 Å². The van der Waals surface area contributed by atoms with Crippen LogP contribution < -0.4 is 0 Å². The van der Waals surface area contributed by atoms with Crippen LogP contribution in [-0.4, -0.2) is 19.4 Å². The summed E-state index contributed by atoms with van der Waals surface area (Å²) >= 11 is 0. The van der Waals surface area contributed by atoms with E-state index in [1.807, 2.05) is 6.21 Å². The molecule has 0 bridgehead atoms. The molecule has 0 N–H and O–H groups in total. The van der Waals surface area contributed by atoms with Crippen molar-refractivity contribution in [2.45, 2.75) is 25.9 Å². The van der Waals surface area contributed by atoms with Gasteiger partial charge in [-0.15, -0.1) is 0 Å². The van der Waals surface area contributed by atoms with E-state index in [1.54, 1.807) is 7.05 Å². The summed E-state index contributed by atoms with van der Waals surface area (Å²) in [7, 11) is 1.79. The van der Waals surface area contributed by atoms with Crippen molar-refractivity contribution < 1.29 is 4.74 Å². The predicted octanol–water partition coefficient (Wildman–Crippen LogP) is 2.02. The molecule has 0 aromatic heterocycles. The van der Waals surface area contributed by atoms with E-state index in [9.17, 15) is 0 Å². The number of ether oxygens (including phenoxy) is 1. The first-order valence-corrected chi connectivity index (χ1v) is 4.00. The van der Waals surface area contributed by atoms with Gasteiger partial charge < -0.3 is 9.73 Å². The first-order chi connectivity index (χ1) is 5.24. The van der Waals surface area contributed by atoms with Crippen LogP contribution in [0.15, 0.2) is 17.3 Å². The summed E-state index contributed by atoms with van der Waals surface area (Å²) < 4.78 is 5.41. The molecule has 1 aliphatic heterocycles. The van der Waals surface area contributed by atoms with Gasteiger partial charge in [-0.25, -0.2) is 0 Å². The van der Waals surface area contributed by atoms with Crippen molar-refractivity contribution in [3.05, 3.63) is 12.3 Å². The zero-order valence-electron chi connectivity index (χ0n) is 7.21. The lowest BCUT2D eigenvalue weighted by atomic mass is 10.0. The molecule has 1 heterocycles. The minimum absolute atomic E-state index is 0.345. The number of aliphatic imine (C=N–C) groups is 1. The predicted molar refractivity (Wildman–Crippen MR) is 46.8 cm³/mol. The molecule has 0 radical (unpaired) electrons. The Kier molecular flexibility index (Phi) is 2.69. The average Bonchev–Trinajstić information content (AvgIpc) is 2.26. The summed E-state index contributed by atoms with van der Waals surface area (Å²) in [6, 6.07) is 0. The van der Waals surface area contributed by atoms with E-state index in [2.05, 4.69) is 18.5 Å². The van der Waals surface area contributed by atoms with Crippen molar-refractivity contribution in [1.29, 1.82) is 0 Å². The minimum atomic E-state index is 0.345. The van der Waals surface area contributed by atoms with Crippen LogP contribution in [0.1, 0.15) is 19.8 Å². The normalized spacial score (nSPS) is 31.3. The van der Waals surface area contributed by atoms with Gasteiger partial charge in [-0.2, -0.15) is 0 Å². The second-order valence-electron chi connectivity index (χ2n) is 3.00. The Balaban J connectivity index is 2.40. The number of rotatable bonds is 2. The molecule has 0 aromatic carbocycles. The Morgan fingerprint density at radius 2 is 2.55 bits per heavy atom. The molecule has 1 fully saturated rings. The van der Waals surface area contributed by atoms with Crippen molar-refractivity contribution >= 4 is 6.21 Å². The van der Waals surface area contributed by atoms with Crippen LogP contribution in [0.25, 0.3) is 0 Å². The highest BCUT2D eigenvalue weighted by Crippen LogP contribution is 2.29. The van der Waals surface area contributed by atoms with Gasteiger partial charge in [-0.1, -0.05) is 6.58 Å². The second kappa shape index (κ2) is 3.56. The largest absolute Gasteiger partial charge is 0.495 e. The van der Waals surface area contributed by atoms with E-state index in [4.69, 9.17) is 4.74 Å². The van der Waals surface area contributed by atoms with Gasteiger partial charge in [0.2, 0.25) is 0 Å². The third-order valence-corrected chi connectivity index (χ3v) is 2.00. The molecule has 0 amide bonds. The van der Waals surface area contributed by atoms with Gasteiger partial charge in [0.15, 0.2) is 0 Å². The third kappa shape index (κ3) is 2.07. The molecular formula is C9H15NO. The topological polar surface area (TPSA) is 21.6 Å². The number of hydrogen-bond donors (Lipinski definition) is 0. The first kappa shape index (κ1) is 8.31. The Labute approximate surface area is 68.0 Å². The maximum absolute atomic E-state index is 5.41. The van der Waals surface area contributed by atoms with E-state index in [0.717, 1.165) is 18.6 Å². The summed E-state index contributed by atoms with van der Waals surface area (Å²) in [6.45, 7) is 5.93. The maximum atomic E-state index is 5.41. The maximum Gasteiger partial charge on any atom is 0.0961 e. The Bertz CT molecular complexity index is 174. The quantitative estimate of drug-likeness (QED) is 0.556. The van der Waals surface area contributed by atoms with Crippen LogP contribution in [0, 0.1) is 5.92 Å². The fourth-order valence-corrected chi connectivity index (χ4v) is 1.40. The number of nitrogens with zero attached hydrogens (tertiary/aromatic N) is 1. The van der Waals surface area contributed by atoms with E-state index in [0.29, 0.717) is 12.0 Å². The number of hydrogen-bond acceptors (Lipinski definition) is 2. The van der Waals surface area contributed by atoms with Gasteiger partial charge in [0, 0.05) is 13.0 Å². The molecule has 11 heavy (non-hydrogen) atoms. The molecule has 2 atom stereocenters. The lowest BCUT2D eigenvalue weighted by molar-refractivity contribution is 0.178. The van der Waals surface area contributed by atoms with Crippen LogP contribution in [0.3, 0.4) is 0 Å². The molecule has 62 valence electrons. The summed E-state index contributed by atoms with van der Waals surface area (Å²) in [5, 5.41) is 0. The fraction of sp³-hybridized carbons (Fsp3) is 0.667. The molecule has 1 rings (SSSR count). The summed E-state index contributed by atoms with van der Waals surface area (Å²) in [6.07, 6.45) is 4.33. The average molecular weight is 153 g/mol. The molecule has 2 nitrogen and oxygen atoms in total. The minimum Gasteiger partial charge on any atom is -0.495 e. The monoisotopic (exact) mass is 153 g/mol. The molecule has 0 saturated carbocycles. The Hall–Kier alpha value is -0.790. The van der Waals surface area contributed by atoms with Crippen LogP contribution in [0.5, 0.6) is 0 Å². The molecule has 1 saturated heterocycles. The highest BCUT2D eigenvalue weighted by atomic mass is 16.5.